The average Bonchev–Trinajstić information content (AvgIpc) is 2.35. The maximum Gasteiger partial charge on any atom is 0.311 e. The summed E-state index contributed by atoms with van der Waals surface area (Å²) in [6.45, 7) is 5.09. The third-order valence-corrected chi connectivity index (χ3v) is 3.23. The van der Waals surface area contributed by atoms with Crippen LogP contribution in [0.2, 0.25) is 0 Å². The minimum atomic E-state index is -0.185. The van der Waals surface area contributed by atoms with Crippen molar-refractivity contribution in [1.82, 2.24) is 0 Å². The van der Waals surface area contributed by atoms with E-state index < -0.39 is 0 Å². The lowest BCUT2D eigenvalue weighted by Crippen LogP contribution is -2.24. The molecule has 0 aromatic heterocycles. The van der Waals surface area contributed by atoms with Gasteiger partial charge >= 0.3 is 5.97 Å². The molecule has 0 amide bonds. The van der Waals surface area contributed by atoms with Crippen molar-refractivity contribution in [1.29, 1.82) is 5.26 Å². The molecule has 1 aromatic carbocycles. The zero-order chi connectivity index (χ0) is 13.1. The lowest BCUT2D eigenvalue weighted by Gasteiger charge is -2.25. The molecule has 4 heteroatoms. The fourth-order valence-corrected chi connectivity index (χ4v) is 2.21. The van der Waals surface area contributed by atoms with Gasteiger partial charge in [-0.05, 0) is 24.5 Å². The van der Waals surface area contributed by atoms with E-state index >= 15 is 0 Å². The van der Waals surface area contributed by atoms with Crippen LogP contribution in [0, 0.1) is 11.3 Å². The number of carbonyl (C=O) groups is 1. The van der Waals surface area contributed by atoms with Gasteiger partial charge in [-0.15, -0.1) is 0 Å². The fourth-order valence-electron chi connectivity index (χ4n) is 2.21. The molecule has 1 aromatic rings. The standard InChI is InChI=1S/C14H16N2O2/c1-3-16(7-6-15)11-4-5-12-10(2)8-14(17)18-13(12)9-11/h4-5,9-10H,3,7-8H2,1-2H3. The summed E-state index contributed by atoms with van der Waals surface area (Å²) in [6.07, 6.45) is 0.433. The Morgan fingerprint density at radius 3 is 3.00 bits per heavy atom. The van der Waals surface area contributed by atoms with Crippen LogP contribution in [0.25, 0.3) is 0 Å². The summed E-state index contributed by atoms with van der Waals surface area (Å²) in [5, 5.41) is 8.77. The van der Waals surface area contributed by atoms with Crippen molar-refractivity contribution in [3.63, 3.8) is 0 Å². The molecular weight excluding hydrogens is 228 g/mol. The van der Waals surface area contributed by atoms with Crippen molar-refractivity contribution in [3.05, 3.63) is 23.8 Å². The zero-order valence-corrected chi connectivity index (χ0v) is 10.6. The molecular formula is C14H16N2O2. The summed E-state index contributed by atoms with van der Waals surface area (Å²) in [5.74, 6) is 0.643. The largest absolute Gasteiger partial charge is 0.426 e. The number of hydrogen-bond donors (Lipinski definition) is 0. The van der Waals surface area contributed by atoms with E-state index in [0.717, 1.165) is 17.8 Å². The highest BCUT2D eigenvalue weighted by atomic mass is 16.5. The highest BCUT2D eigenvalue weighted by Gasteiger charge is 2.24. The minimum Gasteiger partial charge on any atom is -0.426 e. The van der Waals surface area contributed by atoms with Gasteiger partial charge in [-0.2, -0.15) is 5.26 Å². The first-order valence-electron chi connectivity index (χ1n) is 6.12. The van der Waals surface area contributed by atoms with Gasteiger partial charge in [0.2, 0.25) is 0 Å². The molecule has 18 heavy (non-hydrogen) atoms. The van der Waals surface area contributed by atoms with Gasteiger partial charge in [0.15, 0.2) is 0 Å². The molecule has 0 radical (unpaired) electrons. The van der Waals surface area contributed by atoms with Crippen LogP contribution < -0.4 is 9.64 Å². The molecule has 0 saturated heterocycles. The van der Waals surface area contributed by atoms with Crippen molar-refractivity contribution in [2.45, 2.75) is 26.2 Å². The molecule has 0 bridgehead atoms. The fraction of sp³-hybridized carbons (Fsp3) is 0.429. The number of ether oxygens (including phenoxy) is 1. The molecule has 1 heterocycles. The monoisotopic (exact) mass is 244 g/mol. The van der Waals surface area contributed by atoms with Crippen LogP contribution in [0.1, 0.15) is 31.7 Å². The second kappa shape index (κ2) is 5.09. The molecule has 2 rings (SSSR count). The Kier molecular flexibility index (Phi) is 3.52. The van der Waals surface area contributed by atoms with Gasteiger partial charge in [0, 0.05) is 18.3 Å². The predicted octanol–water partition coefficient (Wildman–Crippen LogP) is 2.45. The van der Waals surface area contributed by atoms with Gasteiger partial charge in [0.05, 0.1) is 12.5 Å². The Bertz CT molecular complexity index is 505. The summed E-state index contributed by atoms with van der Waals surface area (Å²) in [5.41, 5.74) is 1.98. The smallest absolute Gasteiger partial charge is 0.311 e. The molecule has 94 valence electrons. The van der Waals surface area contributed by atoms with Crippen LogP contribution in [-0.4, -0.2) is 19.1 Å². The van der Waals surface area contributed by atoms with Crippen LogP contribution in [-0.2, 0) is 4.79 Å². The van der Waals surface area contributed by atoms with Crippen molar-refractivity contribution < 1.29 is 9.53 Å². The average molecular weight is 244 g/mol. The van der Waals surface area contributed by atoms with Crippen LogP contribution >= 0.6 is 0 Å². The van der Waals surface area contributed by atoms with E-state index in [9.17, 15) is 4.79 Å². The Hall–Kier alpha value is -2.02. The topological polar surface area (TPSA) is 53.3 Å². The summed E-state index contributed by atoms with van der Waals surface area (Å²) in [4.78, 5) is 13.4. The number of esters is 1. The number of hydrogen-bond acceptors (Lipinski definition) is 4. The lowest BCUT2D eigenvalue weighted by molar-refractivity contribution is -0.135. The van der Waals surface area contributed by atoms with Gasteiger partial charge in [-0.3, -0.25) is 4.79 Å². The Morgan fingerprint density at radius 2 is 2.33 bits per heavy atom. The number of nitrogens with zero attached hydrogens (tertiary/aromatic N) is 2. The number of fused-ring (bicyclic) bond motifs is 1. The summed E-state index contributed by atoms with van der Waals surface area (Å²) < 4.78 is 5.27. The van der Waals surface area contributed by atoms with E-state index in [4.69, 9.17) is 10.00 Å². The second-order valence-electron chi connectivity index (χ2n) is 4.47. The highest BCUT2D eigenvalue weighted by molar-refractivity contribution is 5.77. The van der Waals surface area contributed by atoms with Gasteiger partial charge in [-0.1, -0.05) is 13.0 Å². The first-order chi connectivity index (χ1) is 8.65. The molecule has 0 saturated carbocycles. The first-order valence-corrected chi connectivity index (χ1v) is 6.12. The minimum absolute atomic E-state index is 0.185. The number of carbonyl (C=O) groups excluding carboxylic acids is 1. The molecule has 0 spiro atoms. The molecule has 0 aliphatic carbocycles. The summed E-state index contributed by atoms with van der Waals surface area (Å²) in [7, 11) is 0. The number of rotatable bonds is 3. The normalized spacial score (nSPS) is 17.6. The van der Waals surface area contributed by atoms with E-state index in [1.807, 2.05) is 36.9 Å². The van der Waals surface area contributed by atoms with Crippen LogP contribution in [0.15, 0.2) is 18.2 Å². The maximum absolute atomic E-state index is 11.4. The number of nitriles is 1. The van der Waals surface area contributed by atoms with Gasteiger partial charge in [0.25, 0.3) is 0 Å². The van der Waals surface area contributed by atoms with Gasteiger partial charge in [-0.25, -0.2) is 0 Å². The summed E-state index contributed by atoms with van der Waals surface area (Å²) >= 11 is 0. The van der Waals surface area contributed by atoms with Gasteiger partial charge < -0.3 is 9.64 Å². The second-order valence-corrected chi connectivity index (χ2v) is 4.47. The maximum atomic E-state index is 11.4. The molecule has 1 atom stereocenters. The van der Waals surface area contributed by atoms with E-state index in [1.165, 1.54) is 0 Å². The Balaban J connectivity index is 2.34. The summed E-state index contributed by atoms with van der Waals surface area (Å²) in [6, 6.07) is 7.95. The molecule has 1 aliphatic rings. The molecule has 1 aliphatic heterocycles. The third kappa shape index (κ3) is 2.30. The predicted molar refractivity (Wildman–Crippen MR) is 68.6 cm³/mol. The van der Waals surface area contributed by atoms with E-state index in [-0.39, 0.29) is 11.9 Å². The van der Waals surface area contributed by atoms with Crippen molar-refractivity contribution >= 4 is 11.7 Å². The molecule has 4 nitrogen and oxygen atoms in total. The number of benzene rings is 1. The SMILES string of the molecule is CCN(CC#N)c1ccc2c(c1)OC(=O)CC2C. The Labute approximate surface area is 107 Å². The van der Waals surface area contributed by atoms with Crippen LogP contribution in [0.4, 0.5) is 5.69 Å². The van der Waals surface area contributed by atoms with Crippen molar-refractivity contribution in [3.8, 4) is 11.8 Å². The van der Waals surface area contributed by atoms with E-state index in [2.05, 4.69) is 6.07 Å². The van der Waals surface area contributed by atoms with Crippen LogP contribution in [0.3, 0.4) is 0 Å². The van der Waals surface area contributed by atoms with Gasteiger partial charge in [0.1, 0.15) is 12.3 Å². The molecule has 0 N–H and O–H groups in total. The van der Waals surface area contributed by atoms with Crippen molar-refractivity contribution in [2.24, 2.45) is 0 Å². The van der Waals surface area contributed by atoms with Crippen molar-refractivity contribution in [2.75, 3.05) is 18.0 Å². The van der Waals surface area contributed by atoms with E-state index in [1.54, 1.807) is 0 Å². The third-order valence-electron chi connectivity index (χ3n) is 3.23. The lowest BCUT2D eigenvalue weighted by atomic mass is 9.94. The van der Waals surface area contributed by atoms with E-state index in [0.29, 0.717) is 18.7 Å². The number of anilines is 1. The van der Waals surface area contributed by atoms with Crippen LogP contribution in [0.5, 0.6) is 5.75 Å². The zero-order valence-electron chi connectivity index (χ0n) is 10.6. The Morgan fingerprint density at radius 1 is 1.56 bits per heavy atom. The first kappa shape index (κ1) is 12.4. The molecule has 1 unspecified atom stereocenters. The quantitative estimate of drug-likeness (QED) is 0.465. The molecule has 0 fully saturated rings. The highest BCUT2D eigenvalue weighted by Crippen LogP contribution is 2.36.